The van der Waals surface area contributed by atoms with Gasteiger partial charge >= 0.3 is 0 Å². The van der Waals surface area contributed by atoms with Gasteiger partial charge in [-0.15, -0.1) is 0 Å². The Balaban J connectivity index is 1.98. The average molecular weight is 734 g/mol. The van der Waals surface area contributed by atoms with Crippen molar-refractivity contribution in [3.63, 3.8) is 0 Å². The van der Waals surface area contributed by atoms with Gasteiger partial charge in [0.2, 0.25) is 5.91 Å². The van der Waals surface area contributed by atoms with Crippen molar-refractivity contribution < 1.29 is 34.5 Å². The van der Waals surface area contributed by atoms with E-state index in [0.29, 0.717) is 17.7 Å². The highest BCUT2D eigenvalue weighted by Gasteiger charge is 2.69. The SMILES string of the molecule is CC[C@H](C)[C@H](N)C(=O)C(NC(=O)[C@@](Cc1ccccc1)(C(=O)[C@@H](N)Cc1cnc[nH]1)[C@](O)(C(=O)CO)[C@H](O)[C@@H](N)CC1CCCCC1)c1ccccn1. The first kappa shape index (κ1) is 41.6. The number of nitrogens with two attached hydrogens (primary N) is 3. The van der Waals surface area contributed by atoms with E-state index in [4.69, 9.17) is 17.2 Å². The zero-order chi connectivity index (χ0) is 38.8. The number of hydrogen-bond donors (Lipinski definition) is 8. The maximum atomic E-state index is 15.4. The summed E-state index contributed by atoms with van der Waals surface area (Å²) in [5.74, 6) is -4.78. The Labute approximate surface area is 310 Å². The fourth-order valence-electron chi connectivity index (χ4n) is 7.56. The Morgan fingerprint density at radius 2 is 1.70 bits per heavy atom. The van der Waals surface area contributed by atoms with Gasteiger partial charge < -0.3 is 42.8 Å². The number of aliphatic hydroxyl groups excluding tert-OH is 2. The Morgan fingerprint density at radius 1 is 1.02 bits per heavy atom. The highest BCUT2D eigenvalue weighted by atomic mass is 16.4. The molecule has 14 nitrogen and oxygen atoms in total. The highest BCUT2D eigenvalue weighted by Crippen LogP contribution is 2.44. The fraction of sp³-hybridized carbons (Fsp3) is 0.538. The number of aromatic amines is 1. The number of amides is 1. The molecule has 288 valence electrons. The van der Waals surface area contributed by atoms with Gasteiger partial charge in [0.15, 0.2) is 28.4 Å². The number of imidazole rings is 1. The van der Waals surface area contributed by atoms with Crippen molar-refractivity contribution in [2.75, 3.05) is 6.61 Å². The molecule has 0 aliphatic heterocycles. The Bertz CT molecular complexity index is 1640. The summed E-state index contributed by atoms with van der Waals surface area (Å²) < 4.78 is 0. The normalized spacial score (nSPS) is 19.4. The van der Waals surface area contributed by atoms with Crippen LogP contribution in [0.2, 0.25) is 0 Å². The van der Waals surface area contributed by atoms with Crippen LogP contribution in [0.25, 0.3) is 0 Å². The van der Waals surface area contributed by atoms with Crippen molar-refractivity contribution in [2.24, 2.45) is 34.5 Å². The molecular formula is C39H55N7O7. The molecule has 53 heavy (non-hydrogen) atoms. The molecule has 14 heteroatoms. The molecule has 8 atom stereocenters. The summed E-state index contributed by atoms with van der Waals surface area (Å²) in [7, 11) is 0. The molecule has 1 aliphatic carbocycles. The lowest BCUT2D eigenvalue weighted by Gasteiger charge is -2.48. The van der Waals surface area contributed by atoms with Gasteiger partial charge in [0.05, 0.1) is 24.1 Å². The zero-order valence-electron chi connectivity index (χ0n) is 30.6. The molecule has 1 aliphatic rings. The van der Waals surface area contributed by atoms with Crippen molar-refractivity contribution in [3.05, 3.63) is 84.2 Å². The maximum Gasteiger partial charge on any atom is 0.238 e. The van der Waals surface area contributed by atoms with E-state index in [-0.39, 0.29) is 30.4 Å². The summed E-state index contributed by atoms with van der Waals surface area (Å²) in [6.45, 7) is 2.27. The van der Waals surface area contributed by atoms with Crippen LogP contribution in [0, 0.1) is 17.3 Å². The van der Waals surface area contributed by atoms with Crippen LogP contribution in [0.15, 0.2) is 67.3 Å². The Hall–Kier alpha value is -4.18. The van der Waals surface area contributed by atoms with Crippen molar-refractivity contribution in [1.82, 2.24) is 20.3 Å². The van der Waals surface area contributed by atoms with E-state index in [1.54, 1.807) is 49.4 Å². The van der Waals surface area contributed by atoms with Gasteiger partial charge in [-0.3, -0.25) is 24.2 Å². The lowest BCUT2D eigenvalue weighted by Crippen LogP contribution is -2.75. The van der Waals surface area contributed by atoms with Crippen molar-refractivity contribution >= 4 is 23.3 Å². The van der Waals surface area contributed by atoms with Gasteiger partial charge in [-0.1, -0.05) is 88.8 Å². The Morgan fingerprint density at radius 3 is 2.28 bits per heavy atom. The summed E-state index contributed by atoms with van der Waals surface area (Å²) >= 11 is 0. The van der Waals surface area contributed by atoms with Crippen molar-refractivity contribution in [3.8, 4) is 0 Å². The summed E-state index contributed by atoms with van der Waals surface area (Å²) in [4.78, 5) is 70.1. The van der Waals surface area contributed by atoms with Crippen LogP contribution in [-0.4, -0.2) is 90.0 Å². The monoisotopic (exact) mass is 733 g/mol. The third-order valence-electron chi connectivity index (χ3n) is 11.0. The first-order valence-corrected chi connectivity index (χ1v) is 18.4. The summed E-state index contributed by atoms with van der Waals surface area (Å²) in [6.07, 6.45) is 6.32. The second kappa shape index (κ2) is 18.7. The van der Waals surface area contributed by atoms with E-state index in [2.05, 4.69) is 20.3 Å². The standard InChI is InChI=1S/C39H55N7O7/c1-3-24(2)32(42)34(49)33(30-16-10-11-17-44-30)46-37(52)38(20-26-14-8-5-9-15-26,35(50)29(41)19-27-21-43-23-45-27)39(53,31(48)22-47)36(51)28(40)18-25-12-6-4-7-13-25/h5,8-11,14-17,21,23-25,28-29,32-33,36,47,51,53H,3-4,6-7,12-13,18-20,22,40-42H2,1-2H3,(H,43,45)(H,46,52)/t24-,28-,29-,32-,33?,36+,38+,39-/m0/s1. The number of benzene rings is 1. The molecule has 0 spiro atoms. The third kappa shape index (κ3) is 9.14. The minimum Gasteiger partial charge on any atom is -0.388 e. The molecule has 11 N–H and O–H groups in total. The molecular weight excluding hydrogens is 678 g/mol. The molecule has 2 aromatic heterocycles. The molecule has 0 radical (unpaired) electrons. The second-order valence-corrected chi connectivity index (χ2v) is 14.5. The van der Waals surface area contributed by atoms with E-state index < -0.39 is 77.6 Å². The zero-order valence-corrected chi connectivity index (χ0v) is 30.6. The largest absolute Gasteiger partial charge is 0.388 e. The number of rotatable bonds is 20. The molecule has 2 heterocycles. The summed E-state index contributed by atoms with van der Waals surface area (Å²) in [5.41, 5.74) is 14.1. The van der Waals surface area contributed by atoms with Crippen LogP contribution in [0.1, 0.15) is 81.8 Å². The Kier molecular flexibility index (Phi) is 14.7. The van der Waals surface area contributed by atoms with E-state index in [9.17, 15) is 24.9 Å². The molecule has 1 unspecified atom stereocenters. The van der Waals surface area contributed by atoms with Gasteiger partial charge in [-0.05, 0) is 42.4 Å². The molecule has 1 fully saturated rings. The second-order valence-electron chi connectivity index (χ2n) is 14.5. The smallest absolute Gasteiger partial charge is 0.238 e. The number of Topliss-reactive ketones (excluding diaryl/α,β-unsaturated/α-hetero) is 3. The minimum absolute atomic E-state index is 0.0470. The lowest BCUT2D eigenvalue weighted by atomic mass is 9.58. The van der Waals surface area contributed by atoms with E-state index in [1.165, 1.54) is 24.8 Å². The minimum atomic E-state index is -3.35. The van der Waals surface area contributed by atoms with Gasteiger partial charge in [0.1, 0.15) is 18.8 Å². The van der Waals surface area contributed by atoms with E-state index in [0.717, 1.165) is 32.1 Å². The molecule has 0 bridgehead atoms. The van der Waals surface area contributed by atoms with Crippen LogP contribution in [-0.2, 0) is 32.0 Å². The number of carbonyl (C=O) groups excluding carboxylic acids is 4. The van der Waals surface area contributed by atoms with Gasteiger partial charge in [0.25, 0.3) is 0 Å². The van der Waals surface area contributed by atoms with Crippen molar-refractivity contribution in [2.45, 2.75) is 108 Å². The molecule has 4 rings (SSSR count). The average Bonchev–Trinajstić information content (AvgIpc) is 3.70. The van der Waals surface area contributed by atoms with Crippen LogP contribution in [0.4, 0.5) is 0 Å². The highest BCUT2D eigenvalue weighted by molar-refractivity contribution is 6.15. The van der Waals surface area contributed by atoms with Crippen molar-refractivity contribution in [1.29, 1.82) is 0 Å². The first-order valence-electron chi connectivity index (χ1n) is 18.4. The number of hydrogen-bond acceptors (Lipinski definition) is 12. The number of H-pyrrole nitrogens is 1. The molecule has 0 saturated heterocycles. The number of nitrogens with zero attached hydrogens (tertiary/aromatic N) is 2. The molecule has 3 aromatic rings. The topological polar surface area (TPSA) is 261 Å². The van der Waals surface area contributed by atoms with Crippen LogP contribution >= 0.6 is 0 Å². The predicted octanol–water partition coefficient (Wildman–Crippen LogP) is 1.22. The number of aromatic nitrogens is 3. The predicted molar refractivity (Wildman–Crippen MR) is 198 cm³/mol. The van der Waals surface area contributed by atoms with Crippen LogP contribution in [0.3, 0.4) is 0 Å². The first-order chi connectivity index (χ1) is 25.3. The van der Waals surface area contributed by atoms with Gasteiger partial charge in [0, 0.05) is 30.6 Å². The summed E-state index contributed by atoms with van der Waals surface area (Å²) in [5, 5.41) is 38.2. The van der Waals surface area contributed by atoms with E-state index >= 15 is 9.59 Å². The van der Waals surface area contributed by atoms with Crippen LogP contribution < -0.4 is 22.5 Å². The number of aliphatic hydroxyl groups is 3. The quantitative estimate of drug-likeness (QED) is 0.0763. The fourth-order valence-corrected chi connectivity index (χ4v) is 7.56. The maximum absolute atomic E-state index is 15.4. The van der Waals surface area contributed by atoms with E-state index in [1.807, 2.05) is 6.92 Å². The number of carbonyl (C=O) groups is 4. The van der Waals surface area contributed by atoms with Crippen LogP contribution in [0.5, 0.6) is 0 Å². The molecule has 1 aromatic carbocycles. The summed E-state index contributed by atoms with van der Waals surface area (Å²) in [6, 6.07) is 7.31. The van der Waals surface area contributed by atoms with Gasteiger partial charge in [-0.2, -0.15) is 0 Å². The number of ketones is 3. The molecule has 1 amide bonds. The third-order valence-corrected chi connectivity index (χ3v) is 11.0. The van der Waals surface area contributed by atoms with Gasteiger partial charge in [-0.25, -0.2) is 4.98 Å². The number of nitrogens with one attached hydrogen (secondary N) is 2. The number of pyridine rings is 1. The lowest BCUT2D eigenvalue weighted by molar-refractivity contribution is -0.195. The molecule has 1 saturated carbocycles.